The van der Waals surface area contributed by atoms with E-state index in [2.05, 4.69) is 9.97 Å². The molecule has 0 aliphatic rings. The van der Waals surface area contributed by atoms with Crippen LogP contribution >= 0.6 is 22.6 Å². The van der Waals surface area contributed by atoms with Crippen LogP contribution in [0.2, 0.25) is 0 Å². The third-order valence-corrected chi connectivity index (χ3v) is 2.42. The lowest BCUT2D eigenvalue weighted by atomic mass is 10.3. The van der Waals surface area contributed by atoms with Crippen LogP contribution in [-0.4, -0.2) is 9.97 Å². The molecule has 2 rings (SSSR count). The molecular formula is C10H6FIN2O. The predicted octanol–water partition coefficient (Wildman–Crippen LogP) is 3.01. The van der Waals surface area contributed by atoms with E-state index in [1.165, 1.54) is 12.4 Å². The van der Waals surface area contributed by atoms with Crippen LogP contribution in [-0.2, 0) is 0 Å². The Hall–Kier alpha value is -1.24. The molecule has 1 aromatic heterocycles. The summed E-state index contributed by atoms with van der Waals surface area (Å²) in [4.78, 5) is 7.72. The molecule has 0 saturated carbocycles. The average Bonchev–Trinajstić information content (AvgIpc) is 2.24. The third kappa shape index (κ3) is 2.41. The molecule has 2 aromatic rings. The van der Waals surface area contributed by atoms with E-state index in [0.29, 0.717) is 5.88 Å². The fourth-order valence-electron chi connectivity index (χ4n) is 1.01. The summed E-state index contributed by atoms with van der Waals surface area (Å²) < 4.78 is 19.3. The molecule has 3 nitrogen and oxygen atoms in total. The molecule has 0 N–H and O–H groups in total. The minimum Gasteiger partial charge on any atom is -0.435 e. The van der Waals surface area contributed by atoms with Gasteiger partial charge >= 0.3 is 0 Å². The highest BCUT2D eigenvalue weighted by molar-refractivity contribution is 14.1. The van der Waals surface area contributed by atoms with Crippen LogP contribution in [0.15, 0.2) is 36.8 Å². The van der Waals surface area contributed by atoms with Crippen LogP contribution in [0.5, 0.6) is 11.6 Å². The predicted molar refractivity (Wildman–Crippen MR) is 61.2 cm³/mol. The van der Waals surface area contributed by atoms with Gasteiger partial charge in [-0.1, -0.05) is 12.1 Å². The van der Waals surface area contributed by atoms with Gasteiger partial charge in [0.15, 0.2) is 11.6 Å². The van der Waals surface area contributed by atoms with Crippen molar-refractivity contribution in [1.82, 2.24) is 9.97 Å². The fourth-order valence-corrected chi connectivity index (χ4v) is 1.42. The maximum Gasteiger partial charge on any atom is 0.235 e. The molecule has 1 heterocycles. The van der Waals surface area contributed by atoms with Crippen molar-refractivity contribution in [3.8, 4) is 11.6 Å². The SMILES string of the molecule is Fc1ccccc1Oc1ncncc1I. The number of halogens is 2. The van der Waals surface area contributed by atoms with E-state index < -0.39 is 5.82 Å². The number of rotatable bonds is 2. The molecule has 15 heavy (non-hydrogen) atoms. The molecule has 0 unspecified atom stereocenters. The van der Waals surface area contributed by atoms with Gasteiger partial charge in [-0.25, -0.2) is 14.4 Å². The highest BCUT2D eigenvalue weighted by Gasteiger charge is 2.07. The average molecular weight is 316 g/mol. The Morgan fingerprint density at radius 2 is 2.07 bits per heavy atom. The first-order valence-corrected chi connectivity index (χ1v) is 5.23. The maximum atomic E-state index is 13.2. The first-order valence-electron chi connectivity index (χ1n) is 4.15. The van der Waals surface area contributed by atoms with Crippen LogP contribution in [0.3, 0.4) is 0 Å². The molecule has 0 fully saturated rings. The van der Waals surface area contributed by atoms with Gasteiger partial charge in [-0.05, 0) is 34.7 Å². The molecular weight excluding hydrogens is 310 g/mol. The van der Waals surface area contributed by atoms with Gasteiger partial charge in [-0.3, -0.25) is 0 Å². The topological polar surface area (TPSA) is 35.0 Å². The number of hydrogen-bond acceptors (Lipinski definition) is 3. The molecule has 0 spiro atoms. The van der Waals surface area contributed by atoms with Crippen molar-refractivity contribution < 1.29 is 9.13 Å². The smallest absolute Gasteiger partial charge is 0.235 e. The lowest BCUT2D eigenvalue weighted by molar-refractivity contribution is 0.423. The van der Waals surface area contributed by atoms with Gasteiger partial charge in [0.25, 0.3) is 0 Å². The lowest BCUT2D eigenvalue weighted by Gasteiger charge is -2.05. The maximum absolute atomic E-state index is 13.2. The zero-order chi connectivity index (χ0) is 10.7. The first kappa shape index (κ1) is 10.3. The second-order valence-electron chi connectivity index (χ2n) is 2.71. The molecule has 0 aliphatic carbocycles. The zero-order valence-corrected chi connectivity index (χ0v) is 9.68. The van der Waals surface area contributed by atoms with E-state index in [1.54, 1.807) is 24.4 Å². The monoisotopic (exact) mass is 316 g/mol. The Kier molecular flexibility index (Phi) is 3.10. The summed E-state index contributed by atoms with van der Waals surface area (Å²) >= 11 is 2.03. The summed E-state index contributed by atoms with van der Waals surface area (Å²) in [6.07, 6.45) is 2.96. The molecule has 0 amide bonds. The van der Waals surface area contributed by atoms with Crippen LogP contribution < -0.4 is 4.74 Å². The third-order valence-electron chi connectivity index (χ3n) is 1.68. The molecule has 0 radical (unpaired) electrons. The number of benzene rings is 1. The summed E-state index contributed by atoms with van der Waals surface area (Å²) in [6.45, 7) is 0. The van der Waals surface area contributed by atoms with Gasteiger partial charge in [0.2, 0.25) is 5.88 Å². The quantitative estimate of drug-likeness (QED) is 0.799. The molecule has 0 bridgehead atoms. The Morgan fingerprint density at radius 1 is 1.27 bits per heavy atom. The van der Waals surface area contributed by atoms with E-state index in [9.17, 15) is 4.39 Å². The van der Waals surface area contributed by atoms with E-state index in [-0.39, 0.29) is 5.75 Å². The van der Waals surface area contributed by atoms with Gasteiger partial charge in [-0.2, -0.15) is 0 Å². The Balaban J connectivity index is 2.30. The van der Waals surface area contributed by atoms with Crippen LogP contribution in [0.25, 0.3) is 0 Å². The molecule has 0 saturated heterocycles. The zero-order valence-electron chi connectivity index (χ0n) is 7.52. The van der Waals surface area contributed by atoms with Crippen LogP contribution in [0.1, 0.15) is 0 Å². The minimum atomic E-state index is -0.410. The van der Waals surface area contributed by atoms with Crippen LogP contribution in [0, 0.1) is 9.39 Å². The van der Waals surface area contributed by atoms with Gasteiger partial charge < -0.3 is 4.74 Å². The Bertz CT molecular complexity index is 435. The van der Waals surface area contributed by atoms with Crippen LogP contribution in [0.4, 0.5) is 4.39 Å². The number of nitrogens with zero attached hydrogens (tertiary/aromatic N) is 2. The highest BCUT2D eigenvalue weighted by atomic mass is 127. The molecule has 76 valence electrons. The van der Waals surface area contributed by atoms with E-state index in [4.69, 9.17) is 4.74 Å². The summed E-state index contributed by atoms with van der Waals surface area (Å²) in [6, 6.07) is 6.19. The fraction of sp³-hybridized carbons (Fsp3) is 0. The van der Waals surface area contributed by atoms with Gasteiger partial charge in [-0.15, -0.1) is 0 Å². The van der Waals surface area contributed by atoms with Crippen molar-refractivity contribution in [3.05, 3.63) is 46.2 Å². The van der Waals surface area contributed by atoms with Crippen molar-refractivity contribution >= 4 is 22.6 Å². The second-order valence-corrected chi connectivity index (χ2v) is 3.87. The minimum absolute atomic E-state index is 0.161. The van der Waals surface area contributed by atoms with Gasteiger partial charge in [0.05, 0.1) is 3.57 Å². The van der Waals surface area contributed by atoms with Crippen molar-refractivity contribution in [2.45, 2.75) is 0 Å². The van der Waals surface area contributed by atoms with Crippen molar-refractivity contribution in [2.24, 2.45) is 0 Å². The molecule has 5 heteroatoms. The largest absolute Gasteiger partial charge is 0.435 e. The summed E-state index contributed by atoms with van der Waals surface area (Å²) in [5.41, 5.74) is 0. The van der Waals surface area contributed by atoms with Crippen molar-refractivity contribution in [2.75, 3.05) is 0 Å². The Morgan fingerprint density at radius 3 is 2.80 bits per heavy atom. The van der Waals surface area contributed by atoms with E-state index in [1.807, 2.05) is 22.6 Å². The summed E-state index contributed by atoms with van der Waals surface area (Å²) in [7, 11) is 0. The normalized spacial score (nSPS) is 10.0. The van der Waals surface area contributed by atoms with E-state index >= 15 is 0 Å². The second kappa shape index (κ2) is 4.52. The Labute approximate surface area is 99.5 Å². The van der Waals surface area contributed by atoms with Crippen molar-refractivity contribution in [3.63, 3.8) is 0 Å². The number of hydrogen-bond donors (Lipinski definition) is 0. The number of ether oxygens (including phenoxy) is 1. The van der Waals surface area contributed by atoms with Gasteiger partial charge in [0, 0.05) is 6.20 Å². The van der Waals surface area contributed by atoms with Crippen molar-refractivity contribution in [1.29, 1.82) is 0 Å². The number of para-hydroxylation sites is 1. The van der Waals surface area contributed by atoms with Gasteiger partial charge in [0.1, 0.15) is 6.33 Å². The molecule has 1 aromatic carbocycles. The molecule has 0 atom stereocenters. The van der Waals surface area contributed by atoms with E-state index in [0.717, 1.165) is 3.57 Å². The lowest BCUT2D eigenvalue weighted by Crippen LogP contribution is -1.93. The summed E-state index contributed by atoms with van der Waals surface area (Å²) in [5.74, 6) is 0.108. The molecule has 0 aliphatic heterocycles. The number of aromatic nitrogens is 2. The first-order chi connectivity index (χ1) is 7.27. The standard InChI is InChI=1S/C10H6FIN2O/c11-7-3-1-2-4-9(7)15-10-8(12)5-13-6-14-10/h1-6H. The highest BCUT2D eigenvalue weighted by Crippen LogP contribution is 2.25. The summed E-state index contributed by atoms with van der Waals surface area (Å²) in [5, 5.41) is 0.